The normalized spacial score (nSPS) is 16.0. The number of rotatable bonds is 3. The summed E-state index contributed by atoms with van der Waals surface area (Å²) in [5, 5.41) is 0. The van der Waals surface area contributed by atoms with Crippen molar-refractivity contribution >= 4 is 17.5 Å². The molecule has 4 N–H and O–H groups in total. The fourth-order valence-electron chi connectivity index (χ4n) is 2.23. The molecule has 2 rings (SSSR count). The second-order valence-electron chi connectivity index (χ2n) is 4.77. The predicted molar refractivity (Wildman–Crippen MR) is 77.3 cm³/mol. The minimum absolute atomic E-state index is 0.232. The lowest BCUT2D eigenvalue weighted by atomic mass is 10.2. The first-order valence-corrected chi connectivity index (χ1v) is 6.39. The Labute approximate surface area is 118 Å². The van der Waals surface area contributed by atoms with Gasteiger partial charge < -0.3 is 30.7 Å². The van der Waals surface area contributed by atoms with E-state index in [4.69, 9.17) is 20.9 Å². The van der Waals surface area contributed by atoms with Gasteiger partial charge in [0.05, 0.1) is 18.5 Å². The zero-order valence-electron chi connectivity index (χ0n) is 11.8. The van der Waals surface area contributed by atoms with E-state index in [1.165, 1.54) is 7.11 Å². The molecule has 7 nitrogen and oxygen atoms in total. The second kappa shape index (κ2) is 5.87. The number of anilines is 2. The lowest BCUT2D eigenvalue weighted by Gasteiger charge is -2.34. The first-order chi connectivity index (χ1) is 9.51. The number of hydrogen-bond donors (Lipinski definition) is 2. The van der Waals surface area contributed by atoms with Crippen LogP contribution in [0, 0.1) is 0 Å². The first-order valence-electron chi connectivity index (χ1n) is 6.39. The van der Waals surface area contributed by atoms with Gasteiger partial charge >= 0.3 is 6.09 Å². The number of ether oxygens (including phenoxy) is 2. The standard InChI is InChI=1S/C13H20N4O3/c1-16-3-5-17(6-4-16)10-8-11(19-2)12(7-9(10)14)20-13(15)18/h7-8H,3-6,14H2,1-2H3,(H2,15,18). The van der Waals surface area contributed by atoms with E-state index in [9.17, 15) is 4.79 Å². The molecule has 20 heavy (non-hydrogen) atoms. The first kappa shape index (κ1) is 14.3. The summed E-state index contributed by atoms with van der Waals surface area (Å²) in [7, 11) is 3.60. The van der Waals surface area contributed by atoms with Crippen LogP contribution >= 0.6 is 0 Å². The molecule has 0 saturated carbocycles. The molecular formula is C13H20N4O3. The number of carbonyl (C=O) groups is 1. The van der Waals surface area contributed by atoms with E-state index in [0.29, 0.717) is 11.4 Å². The van der Waals surface area contributed by atoms with Crippen molar-refractivity contribution in [2.45, 2.75) is 0 Å². The van der Waals surface area contributed by atoms with Crippen LogP contribution < -0.4 is 25.8 Å². The number of benzene rings is 1. The van der Waals surface area contributed by atoms with Gasteiger partial charge in [0.2, 0.25) is 0 Å². The van der Waals surface area contributed by atoms with E-state index in [1.54, 1.807) is 12.1 Å². The lowest BCUT2D eigenvalue weighted by molar-refractivity contribution is 0.208. The molecule has 0 aromatic heterocycles. The van der Waals surface area contributed by atoms with Crippen molar-refractivity contribution in [3.05, 3.63) is 12.1 Å². The maximum absolute atomic E-state index is 10.9. The summed E-state index contributed by atoms with van der Waals surface area (Å²) in [6.07, 6.45) is -0.893. The third-order valence-corrected chi connectivity index (χ3v) is 3.37. The molecule has 0 aliphatic carbocycles. The van der Waals surface area contributed by atoms with Crippen LogP contribution in [-0.2, 0) is 0 Å². The van der Waals surface area contributed by atoms with Gasteiger partial charge in [-0.25, -0.2) is 4.79 Å². The summed E-state index contributed by atoms with van der Waals surface area (Å²) in [6, 6.07) is 3.34. The molecule has 1 aromatic rings. The van der Waals surface area contributed by atoms with Crippen molar-refractivity contribution in [2.24, 2.45) is 5.73 Å². The SMILES string of the molecule is COc1cc(N2CCN(C)CC2)c(N)cc1OC(N)=O. The Morgan fingerprint density at radius 3 is 2.40 bits per heavy atom. The second-order valence-corrected chi connectivity index (χ2v) is 4.77. The summed E-state index contributed by atoms with van der Waals surface area (Å²) in [5.41, 5.74) is 12.5. The summed E-state index contributed by atoms with van der Waals surface area (Å²) < 4.78 is 10.1. The van der Waals surface area contributed by atoms with E-state index in [2.05, 4.69) is 16.8 Å². The molecule has 110 valence electrons. The van der Waals surface area contributed by atoms with Crippen LogP contribution in [0.15, 0.2) is 12.1 Å². The number of primary amides is 1. The molecule has 1 saturated heterocycles. The molecule has 0 spiro atoms. The molecule has 1 amide bonds. The van der Waals surface area contributed by atoms with E-state index in [-0.39, 0.29) is 5.75 Å². The lowest BCUT2D eigenvalue weighted by Crippen LogP contribution is -2.44. The number of nitrogen functional groups attached to an aromatic ring is 1. The van der Waals surface area contributed by atoms with Crippen molar-refractivity contribution in [2.75, 3.05) is 51.0 Å². The number of nitrogens with zero attached hydrogens (tertiary/aromatic N) is 2. The van der Waals surface area contributed by atoms with Crippen LogP contribution in [0.25, 0.3) is 0 Å². The van der Waals surface area contributed by atoms with Gasteiger partial charge in [0.15, 0.2) is 11.5 Å². The highest BCUT2D eigenvalue weighted by atomic mass is 16.6. The number of likely N-dealkylation sites (N-methyl/N-ethyl adjacent to an activating group) is 1. The highest BCUT2D eigenvalue weighted by molar-refractivity contribution is 5.76. The maximum atomic E-state index is 10.9. The predicted octanol–water partition coefficient (Wildman–Crippen LogP) is 0.487. The van der Waals surface area contributed by atoms with Gasteiger partial charge in [-0.3, -0.25) is 0 Å². The highest BCUT2D eigenvalue weighted by Gasteiger charge is 2.19. The third-order valence-electron chi connectivity index (χ3n) is 3.37. The van der Waals surface area contributed by atoms with Crippen molar-refractivity contribution in [3.63, 3.8) is 0 Å². The Kier molecular flexibility index (Phi) is 4.19. The number of piperazine rings is 1. The zero-order valence-corrected chi connectivity index (χ0v) is 11.8. The Morgan fingerprint density at radius 1 is 1.20 bits per heavy atom. The van der Waals surface area contributed by atoms with Gasteiger partial charge in [0.1, 0.15) is 0 Å². The number of carbonyl (C=O) groups excluding carboxylic acids is 1. The van der Waals surface area contributed by atoms with Gasteiger partial charge in [-0.1, -0.05) is 0 Å². The average Bonchev–Trinajstić information content (AvgIpc) is 2.40. The van der Waals surface area contributed by atoms with Crippen molar-refractivity contribution in [1.29, 1.82) is 0 Å². The van der Waals surface area contributed by atoms with E-state index in [0.717, 1.165) is 31.9 Å². The number of nitrogens with two attached hydrogens (primary N) is 2. The molecule has 0 atom stereocenters. The Balaban J connectivity index is 2.28. The summed E-state index contributed by atoms with van der Waals surface area (Å²) >= 11 is 0. The Bertz CT molecular complexity index is 499. The topological polar surface area (TPSA) is 94.1 Å². The summed E-state index contributed by atoms with van der Waals surface area (Å²) in [4.78, 5) is 15.3. The Morgan fingerprint density at radius 2 is 1.85 bits per heavy atom. The van der Waals surface area contributed by atoms with Crippen molar-refractivity contribution in [1.82, 2.24) is 4.90 Å². The van der Waals surface area contributed by atoms with Crippen LogP contribution in [0.3, 0.4) is 0 Å². The molecular weight excluding hydrogens is 260 g/mol. The third kappa shape index (κ3) is 3.05. The van der Waals surface area contributed by atoms with E-state index >= 15 is 0 Å². The van der Waals surface area contributed by atoms with Gasteiger partial charge in [0, 0.05) is 38.3 Å². The largest absolute Gasteiger partial charge is 0.493 e. The molecule has 0 bridgehead atoms. The molecule has 1 aliphatic heterocycles. The molecule has 1 fully saturated rings. The minimum Gasteiger partial charge on any atom is -0.493 e. The minimum atomic E-state index is -0.893. The number of amides is 1. The smallest absolute Gasteiger partial charge is 0.410 e. The Hall–Kier alpha value is -2.15. The van der Waals surface area contributed by atoms with Crippen LogP contribution in [-0.4, -0.2) is 51.3 Å². The molecule has 0 unspecified atom stereocenters. The fourth-order valence-corrected chi connectivity index (χ4v) is 2.23. The van der Waals surface area contributed by atoms with Gasteiger partial charge in [-0.05, 0) is 7.05 Å². The molecule has 1 heterocycles. The van der Waals surface area contributed by atoms with Crippen LogP contribution in [0.5, 0.6) is 11.5 Å². The zero-order chi connectivity index (χ0) is 14.7. The molecule has 0 radical (unpaired) electrons. The van der Waals surface area contributed by atoms with Gasteiger partial charge in [-0.2, -0.15) is 0 Å². The molecule has 1 aromatic carbocycles. The summed E-state index contributed by atoms with van der Waals surface area (Å²) in [6.45, 7) is 3.72. The van der Waals surface area contributed by atoms with Crippen LogP contribution in [0.2, 0.25) is 0 Å². The average molecular weight is 280 g/mol. The fraction of sp³-hybridized carbons (Fsp3) is 0.462. The number of hydrogen-bond acceptors (Lipinski definition) is 6. The molecule has 1 aliphatic rings. The highest BCUT2D eigenvalue weighted by Crippen LogP contribution is 2.37. The maximum Gasteiger partial charge on any atom is 0.410 e. The van der Waals surface area contributed by atoms with E-state index < -0.39 is 6.09 Å². The summed E-state index contributed by atoms with van der Waals surface area (Å²) in [5.74, 6) is 0.669. The van der Waals surface area contributed by atoms with Gasteiger partial charge in [0.25, 0.3) is 0 Å². The van der Waals surface area contributed by atoms with Crippen molar-refractivity contribution < 1.29 is 14.3 Å². The molecule has 7 heteroatoms. The van der Waals surface area contributed by atoms with Gasteiger partial charge in [-0.15, -0.1) is 0 Å². The van der Waals surface area contributed by atoms with Crippen LogP contribution in [0.1, 0.15) is 0 Å². The number of methoxy groups -OCH3 is 1. The van der Waals surface area contributed by atoms with E-state index in [1.807, 2.05) is 0 Å². The quantitative estimate of drug-likeness (QED) is 0.782. The van der Waals surface area contributed by atoms with Crippen LogP contribution in [0.4, 0.5) is 16.2 Å². The van der Waals surface area contributed by atoms with Crippen molar-refractivity contribution in [3.8, 4) is 11.5 Å². The monoisotopic (exact) mass is 280 g/mol.